The van der Waals surface area contributed by atoms with Gasteiger partial charge in [-0.25, -0.2) is 4.68 Å². The molecule has 2 aromatic carbocycles. The monoisotopic (exact) mass is 404 g/mol. The summed E-state index contributed by atoms with van der Waals surface area (Å²) in [6.45, 7) is 2.47. The fourth-order valence-electron chi connectivity index (χ4n) is 3.10. The molecule has 0 aliphatic rings. The van der Waals surface area contributed by atoms with Crippen molar-refractivity contribution in [1.82, 2.24) is 14.7 Å². The highest BCUT2D eigenvalue weighted by molar-refractivity contribution is 6.04. The van der Waals surface area contributed by atoms with E-state index in [-0.39, 0.29) is 5.69 Å². The molecule has 0 fully saturated rings. The number of aryl methyl sites for hydroxylation is 1. The number of nitrogens with zero attached hydrogens (tertiary/aromatic N) is 3. The lowest BCUT2D eigenvalue weighted by Gasteiger charge is -2.10. The number of rotatable bonds is 7. The summed E-state index contributed by atoms with van der Waals surface area (Å²) in [6, 6.07) is 13.2. The van der Waals surface area contributed by atoms with Gasteiger partial charge in [0.2, 0.25) is 6.41 Å². The van der Waals surface area contributed by atoms with Crippen molar-refractivity contribution in [2.24, 2.45) is 5.73 Å². The maximum atomic E-state index is 11.9. The average molecular weight is 404 g/mol. The highest BCUT2D eigenvalue weighted by Gasteiger charge is 2.16. The molecular weight excluding hydrogens is 380 g/mol. The van der Waals surface area contributed by atoms with E-state index in [0.717, 1.165) is 23.2 Å². The molecule has 0 unspecified atom stereocenters. The first-order valence-corrected chi connectivity index (χ1v) is 9.70. The minimum Gasteiger partial charge on any atom is -0.380 e. The van der Waals surface area contributed by atoms with Crippen LogP contribution in [0.25, 0.3) is 16.6 Å². The van der Waals surface area contributed by atoms with Crippen LogP contribution < -0.4 is 5.73 Å². The Balaban J connectivity index is 1.93. The molecule has 2 amide bonds. The van der Waals surface area contributed by atoms with Crippen LogP contribution in [0.15, 0.2) is 42.5 Å². The Labute approximate surface area is 175 Å². The first-order valence-electron chi connectivity index (χ1n) is 9.70. The van der Waals surface area contributed by atoms with Gasteiger partial charge < -0.3 is 15.7 Å². The Hall–Kier alpha value is -3.63. The maximum absolute atomic E-state index is 11.9. The van der Waals surface area contributed by atoms with Gasteiger partial charge in [0, 0.05) is 31.0 Å². The third-order valence-electron chi connectivity index (χ3n) is 4.79. The van der Waals surface area contributed by atoms with Crippen LogP contribution in [-0.2, 0) is 11.2 Å². The summed E-state index contributed by atoms with van der Waals surface area (Å²) in [6.07, 6.45) is 1.08. The van der Waals surface area contributed by atoms with Crippen molar-refractivity contribution in [3.05, 3.63) is 59.3 Å². The number of aromatic nitrogens is 2. The number of hydrogen-bond acceptors (Lipinski definition) is 4. The van der Waals surface area contributed by atoms with Gasteiger partial charge in [-0.1, -0.05) is 30.9 Å². The van der Waals surface area contributed by atoms with Crippen LogP contribution in [0.5, 0.6) is 0 Å². The van der Waals surface area contributed by atoms with Crippen LogP contribution in [0.4, 0.5) is 0 Å². The van der Waals surface area contributed by atoms with Gasteiger partial charge in [-0.3, -0.25) is 9.59 Å². The molecule has 0 aliphatic heterocycles. The maximum Gasteiger partial charge on any atom is 0.269 e. The molecule has 30 heavy (non-hydrogen) atoms. The number of hydrogen-bond donors (Lipinski definition) is 2. The Morgan fingerprint density at radius 1 is 1.33 bits per heavy atom. The summed E-state index contributed by atoms with van der Waals surface area (Å²) in [7, 11) is 1.65. The minimum atomic E-state index is -0.837. The number of primary amides is 1. The molecule has 0 spiro atoms. The molecule has 0 bridgehead atoms. The van der Waals surface area contributed by atoms with Gasteiger partial charge in [0.25, 0.3) is 5.91 Å². The lowest BCUT2D eigenvalue weighted by molar-refractivity contribution is -0.117. The van der Waals surface area contributed by atoms with E-state index in [1.807, 2.05) is 49.4 Å². The van der Waals surface area contributed by atoms with Crippen LogP contribution in [0, 0.1) is 11.8 Å². The van der Waals surface area contributed by atoms with E-state index in [0.29, 0.717) is 30.3 Å². The van der Waals surface area contributed by atoms with E-state index < -0.39 is 12.0 Å². The third kappa shape index (κ3) is 4.67. The van der Waals surface area contributed by atoms with Gasteiger partial charge in [0.15, 0.2) is 5.69 Å². The first kappa shape index (κ1) is 21.1. The summed E-state index contributed by atoms with van der Waals surface area (Å²) < 4.78 is 1.68. The van der Waals surface area contributed by atoms with Crippen molar-refractivity contribution >= 4 is 23.2 Å². The van der Waals surface area contributed by atoms with E-state index in [9.17, 15) is 14.7 Å². The highest BCUT2D eigenvalue weighted by atomic mass is 16.3. The van der Waals surface area contributed by atoms with Crippen molar-refractivity contribution < 1.29 is 14.7 Å². The Morgan fingerprint density at radius 3 is 2.83 bits per heavy atom. The standard InChI is InChI=1S/C23H24N4O3/c1-3-16-8-10-21-20(14-16)22(23(24)30)25-27(21)18-6-4-5-17(13-18)7-9-19(29)11-12-26(2)15-28/h4-6,8,10,13-15,19,29H,3,11-12H2,1-2H3,(H2,24,30)/t19-/m0/s1. The van der Waals surface area contributed by atoms with E-state index in [1.54, 1.807) is 11.7 Å². The molecule has 1 atom stereocenters. The molecule has 154 valence electrons. The molecule has 1 aromatic heterocycles. The average Bonchev–Trinajstić information content (AvgIpc) is 3.15. The highest BCUT2D eigenvalue weighted by Crippen LogP contribution is 2.24. The number of nitrogens with two attached hydrogens (primary N) is 1. The van der Waals surface area contributed by atoms with Crippen molar-refractivity contribution in [2.75, 3.05) is 13.6 Å². The van der Waals surface area contributed by atoms with Gasteiger partial charge in [-0.05, 0) is 42.3 Å². The van der Waals surface area contributed by atoms with E-state index >= 15 is 0 Å². The van der Waals surface area contributed by atoms with E-state index in [2.05, 4.69) is 16.9 Å². The Bertz CT molecular complexity index is 1140. The van der Waals surface area contributed by atoms with Crippen molar-refractivity contribution in [2.45, 2.75) is 25.9 Å². The molecular formula is C23H24N4O3. The summed E-state index contributed by atoms with van der Waals surface area (Å²) in [4.78, 5) is 24.0. The zero-order valence-electron chi connectivity index (χ0n) is 17.0. The second-order valence-corrected chi connectivity index (χ2v) is 7.04. The lowest BCUT2D eigenvalue weighted by atomic mass is 10.1. The summed E-state index contributed by atoms with van der Waals surface area (Å²) >= 11 is 0. The minimum absolute atomic E-state index is 0.228. The molecule has 0 saturated heterocycles. The molecule has 1 heterocycles. The summed E-state index contributed by atoms with van der Waals surface area (Å²) in [5.41, 5.74) is 9.08. The topological polar surface area (TPSA) is 101 Å². The number of fused-ring (bicyclic) bond motifs is 1. The van der Waals surface area contributed by atoms with Crippen LogP contribution in [0.1, 0.15) is 35.0 Å². The number of carbonyl (C=O) groups is 2. The van der Waals surface area contributed by atoms with Gasteiger partial charge in [-0.15, -0.1) is 0 Å². The Kier molecular flexibility index (Phi) is 6.50. The van der Waals surface area contributed by atoms with Crippen LogP contribution in [0.3, 0.4) is 0 Å². The quantitative estimate of drug-likeness (QED) is 0.464. The van der Waals surface area contributed by atoms with Crippen LogP contribution in [0.2, 0.25) is 0 Å². The molecule has 0 saturated carbocycles. The number of benzene rings is 2. The fraction of sp³-hybridized carbons (Fsp3) is 0.261. The van der Waals surface area contributed by atoms with E-state index in [1.165, 1.54) is 4.90 Å². The molecule has 7 heteroatoms. The third-order valence-corrected chi connectivity index (χ3v) is 4.79. The van der Waals surface area contributed by atoms with E-state index in [4.69, 9.17) is 5.73 Å². The second-order valence-electron chi connectivity index (χ2n) is 7.04. The number of aliphatic hydroxyl groups is 1. The fourth-order valence-corrected chi connectivity index (χ4v) is 3.10. The molecule has 0 aliphatic carbocycles. The predicted octanol–water partition coefficient (Wildman–Crippen LogP) is 1.88. The zero-order valence-corrected chi connectivity index (χ0v) is 17.0. The van der Waals surface area contributed by atoms with Gasteiger partial charge >= 0.3 is 0 Å². The molecule has 3 aromatic rings. The number of amides is 2. The van der Waals surface area contributed by atoms with Crippen molar-refractivity contribution in [3.63, 3.8) is 0 Å². The van der Waals surface area contributed by atoms with Gasteiger partial charge in [0.05, 0.1) is 11.2 Å². The SMILES string of the molecule is CCc1ccc2c(c1)c(C(N)=O)nn2-c1cccc(C#C[C@H](O)CCN(C)C=O)c1. The Morgan fingerprint density at radius 2 is 2.13 bits per heavy atom. The van der Waals surface area contributed by atoms with Gasteiger partial charge in [-0.2, -0.15) is 5.10 Å². The molecule has 3 rings (SSSR count). The summed E-state index contributed by atoms with van der Waals surface area (Å²) in [5, 5.41) is 15.2. The number of carbonyl (C=O) groups excluding carboxylic acids is 2. The normalized spacial score (nSPS) is 11.6. The molecule has 0 radical (unpaired) electrons. The lowest BCUT2D eigenvalue weighted by Crippen LogP contribution is -2.21. The predicted molar refractivity (Wildman–Crippen MR) is 115 cm³/mol. The van der Waals surface area contributed by atoms with Gasteiger partial charge in [0.1, 0.15) is 6.10 Å². The number of aliphatic hydroxyl groups excluding tert-OH is 1. The summed E-state index contributed by atoms with van der Waals surface area (Å²) in [5.74, 6) is 5.17. The largest absolute Gasteiger partial charge is 0.380 e. The second kappa shape index (κ2) is 9.25. The van der Waals surface area contributed by atoms with Crippen molar-refractivity contribution in [3.8, 4) is 17.5 Å². The van der Waals surface area contributed by atoms with Crippen LogP contribution >= 0.6 is 0 Å². The van der Waals surface area contributed by atoms with Crippen LogP contribution in [-0.4, -0.2) is 51.8 Å². The zero-order chi connectivity index (χ0) is 21.7. The first-order chi connectivity index (χ1) is 14.4. The molecule has 3 N–H and O–H groups in total. The van der Waals surface area contributed by atoms with Crippen molar-refractivity contribution in [1.29, 1.82) is 0 Å². The molecule has 7 nitrogen and oxygen atoms in total. The smallest absolute Gasteiger partial charge is 0.269 e.